The quantitative estimate of drug-likeness (QED) is 0.490. The second-order valence-corrected chi connectivity index (χ2v) is 4.00. The van der Waals surface area contributed by atoms with Gasteiger partial charge in [0.1, 0.15) is 11.5 Å². The summed E-state index contributed by atoms with van der Waals surface area (Å²) >= 11 is 0. The molecule has 4 nitrogen and oxygen atoms in total. The zero-order chi connectivity index (χ0) is 14.8. The maximum atomic E-state index is 12.6. The Labute approximate surface area is 112 Å². The lowest BCUT2D eigenvalue weighted by molar-refractivity contribution is -0.384. The van der Waals surface area contributed by atoms with Gasteiger partial charge in [-0.1, -0.05) is 12.1 Å². The van der Waals surface area contributed by atoms with Gasteiger partial charge in [-0.05, 0) is 24.3 Å². The fourth-order valence-corrected chi connectivity index (χ4v) is 1.55. The number of nitrogens with zero attached hydrogens (tertiary/aromatic N) is 1. The molecule has 0 saturated heterocycles. The minimum atomic E-state index is -5.09. The van der Waals surface area contributed by atoms with Gasteiger partial charge in [-0.15, -0.1) is 5.46 Å². The highest BCUT2D eigenvalue weighted by atomic mass is 19.4. The van der Waals surface area contributed by atoms with Crippen LogP contribution in [0.25, 0.3) is 0 Å². The van der Waals surface area contributed by atoms with E-state index in [0.717, 1.165) is 12.1 Å². The van der Waals surface area contributed by atoms with Crippen molar-refractivity contribution in [2.24, 2.45) is 0 Å². The van der Waals surface area contributed by atoms with Crippen molar-refractivity contribution in [3.63, 3.8) is 0 Å². The number of rotatable bonds is 4. The Balaban J connectivity index is 2.20. The molecule has 20 heavy (non-hydrogen) atoms. The van der Waals surface area contributed by atoms with Crippen molar-refractivity contribution in [2.75, 3.05) is 0 Å². The molecule has 0 N–H and O–H groups in total. The normalized spacial score (nSPS) is 11.2. The summed E-state index contributed by atoms with van der Waals surface area (Å²) < 4.78 is 43.0. The Kier molecular flexibility index (Phi) is 3.65. The van der Waals surface area contributed by atoms with Gasteiger partial charge in [0, 0.05) is 12.1 Å². The first-order chi connectivity index (χ1) is 9.36. The monoisotopic (exact) mass is 282 g/mol. The summed E-state index contributed by atoms with van der Waals surface area (Å²) in [5.74, 6) is 0.248. The number of ether oxygens (including phenoxy) is 1. The van der Waals surface area contributed by atoms with Gasteiger partial charge in [0.05, 0.1) is 4.92 Å². The predicted octanol–water partition coefficient (Wildman–Crippen LogP) is 3.44. The minimum absolute atomic E-state index is 0.0237. The smallest absolute Gasteiger partial charge is 0.457 e. The van der Waals surface area contributed by atoms with E-state index < -0.39 is 17.4 Å². The summed E-state index contributed by atoms with van der Waals surface area (Å²) in [5.41, 5.74) is -0.880. The van der Waals surface area contributed by atoms with E-state index >= 15 is 0 Å². The van der Waals surface area contributed by atoms with Crippen molar-refractivity contribution in [3.8, 4) is 11.5 Å². The number of non-ortho nitro benzene ring substituents is 1. The lowest BCUT2D eigenvalue weighted by Crippen LogP contribution is -2.33. The van der Waals surface area contributed by atoms with E-state index in [9.17, 15) is 23.1 Å². The summed E-state index contributed by atoms with van der Waals surface area (Å²) in [6.07, 6.45) is 0. The molecule has 0 bridgehead atoms. The SMILES string of the molecule is O=[N+]([O-])c1ccc(Oc2cccc([B-](F)(F)F)c2)cc1. The van der Waals surface area contributed by atoms with Crippen LogP contribution in [0.15, 0.2) is 48.5 Å². The molecule has 0 spiro atoms. The van der Waals surface area contributed by atoms with Gasteiger partial charge < -0.3 is 17.7 Å². The van der Waals surface area contributed by atoms with Crippen molar-refractivity contribution in [2.45, 2.75) is 0 Å². The minimum Gasteiger partial charge on any atom is -0.457 e. The molecule has 0 aromatic heterocycles. The van der Waals surface area contributed by atoms with Crippen LogP contribution in [0.4, 0.5) is 18.6 Å². The second kappa shape index (κ2) is 5.24. The topological polar surface area (TPSA) is 52.4 Å². The first-order valence-corrected chi connectivity index (χ1v) is 5.58. The largest absolute Gasteiger partial charge is 0.509 e. The van der Waals surface area contributed by atoms with E-state index in [1.165, 1.54) is 36.4 Å². The molecule has 0 fully saturated rings. The Morgan fingerprint density at radius 3 is 2.20 bits per heavy atom. The van der Waals surface area contributed by atoms with E-state index in [-0.39, 0.29) is 17.2 Å². The zero-order valence-corrected chi connectivity index (χ0v) is 10.0. The molecule has 2 aromatic rings. The van der Waals surface area contributed by atoms with E-state index in [2.05, 4.69) is 0 Å². The lowest BCUT2D eigenvalue weighted by atomic mass is 9.80. The molecule has 0 aliphatic heterocycles. The highest BCUT2D eigenvalue weighted by Gasteiger charge is 2.25. The first-order valence-electron chi connectivity index (χ1n) is 5.58. The molecule has 0 unspecified atom stereocenters. The zero-order valence-electron chi connectivity index (χ0n) is 10.0. The fourth-order valence-electron chi connectivity index (χ4n) is 1.55. The van der Waals surface area contributed by atoms with Crippen LogP contribution in [-0.4, -0.2) is 11.9 Å². The number of halogens is 3. The van der Waals surface area contributed by atoms with E-state index in [1.54, 1.807) is 0 Å². The van der Waals surface area contributed by atoms with Gasteiger partial charge in [0.25, 0.3) is 5.69 Å². The molecule has 0 saturated carbocycles. The van der Waals surface area contributed by atoms with Crippen molar-refractivity contribution in [3.05, 3.63) is 58.6 Å². The maximum Gasteiger partial charge on any atom is 0.509 e. The van der Waals surface area contributed by atoms with Gasteiger partial charge in [-0.2, -0.15) is 0 Å². The Hall–Kier alpha value is -2.51. The summed E-state index contributed by atoms with van der Waals surface area (Å²) in [4.78, 5) is 9.89. The fraction of sp³-hybridized carbons (Fsp3) is 0. The van der Waals surface area contributed by atoms with Crippen LogP contribution in [0.1, 0.15) is 0 Å². The molecule has 8 heteroatoms. The summed E-state index contributed by atoms with van der Waals surface area (Å²) in [6, 6.07) is 9.55. The van der Waals surface area contributed by atoms with Gasteiger partial charge in [0.2, 0.25) is 0 Å². The molecule has 2 aromatic carbocycles. The Bertz CT molecular complexity index is 629. The molecular formula is C12H8BF3NO3-. The van der Waals surface area contributed by atoms with Gasteiger partial charge in [-0.3, -0.25) is 10.1 Å². The first kappa shape index (κ1) is 13.9. The van der Waals surface area contributed by atoms with Crippen LogP contribution in [0.3, 0.4) is 0 Å². The standard InChI is InChI=1S/C12H8BF3NO3/c14-13(15,16)9-2-1-3-12(8-9)20-11-6-4-10(5-7-11)17(18)19/h1-8H/q-1. The number of nitro benzene ring substituents is 1. The van der Waals surface area contributed by atoms with Crippen LogP contribution in [0, 0.1) is 10.1 Å². The summed E-state index contributed by atoms with van der Waals surface area (Å²) in [6.45, 7) is -5.09. The van der Waals surface area contributed by atoms with Crippen LogP contribution < -0.4 is 10.2 Å². The molecule has 104 valence electrons. The maximum absolute atomic E-state index is 12.6. The number of hydrogen-bond acceptors (Lipinski definition) is 3. The number of benzene rings is 2. The van der Waals surface area contributed by atoms with Crippen molar-refractivity contribution in [1.82, 2.24) is 0 Å². The van der Waals surface area contributed by atoms with Crippen molar-refractivity contribution < 1.29 is 22.6 Å². The predicted molar refractivity (Wildman–Crippen MR) is 68.3 cm³/mol. The molecular weight excluding hydrogens is 274 g/mol. The van der Waals surface area contributed by atoms with Crippen molar-refractivity contribution >= 4 is 18.1 Å². The summed E-state index contributed by atoms with van der Waals surface area (Å²) in [7, 11) is 0. The Morgan fingerprint density at radius 1 is 1.00 bits per heavy atom. The second-order valence-electron chi connectivity index (χ2n) is 4.00. The molecule has 2 rings (SSSR count). The average molecular weight is 282 g/mol. The molecule has 0 atom stereocenters. The third kappa shape index (κ3) is 3.28. The van der Waals surface area contributed by atoms with Gasteiger partial charge in [0.15, 0.2) is 0 Å². The average Bonchev–Trinajstić information content (AvgIpc) is 2.38. The van der Waals surface area contributed by atoms with Gasteiger partial charge in [-0.25, -0.2) is 0 Å². The molecule has 0 aliphatic carbocycles. The summed E-state index contributed by atoms with van der Waals surface area (Å²) in [5, 5.41) is 10.5. The highest BCUT2D eigenvalue weighted by molar-refractivity contribution is 6.73. The highest BCUT2D eigenvalue weighted by Crippen LogP contribution is 2.24. The van der Waals surface area contributed by atoms with E-state index in [1.807, 2.05) is 0 Å². The molecule has 0 heterocycles. The lowest BCUT2D eigenvalue weighted by Gasteiger charge is -2.15. The third-order valence-corrected chi connectivity index (χ3v) is 2.52. The van der Waals surface area contributed by atoms with Crippen LogP contribution in [0.2, 0.25) is 0 Å². The molecule has 0 aliphatic rings. The van der Waals surface area contributed by atoms with Crippen LogP contribution >= 0.6 is 0 Å². The van der Waals surface area contributed by atoms with Crippen molar-refractivity contribution in [1.29, 1.82) is 0 Å². The van der Waals surface area contributed by atoms with E-state index in [4.69, 9.17) is 4.74 Å². The van der Waals surface area contributed by atoms with Crippen LogP contribution in [-0.2, 0) is 0 Å². The van der Waals surface area contributed by atoms with E-state index in [0.29, 0.717) is 0 Å². The molecule has 0 amide bonds. The molecule has 0 radical (unpaired) electrons. The third-order valence-electron chi connectivity index (χ3n) is 2.52. The van der Waals surface area contributed by atoms with Gasteiger partial charge >= 0.3 is 6.98 Å². The van der Waals surface area contributed by atoms with Crippen LogP contribution in [0.5, 0.6) is 11.5 Å². The number of nitro groups is 1. The number of hydrogen-bond donors (Lipinski definition) is 0. The Morgan fingerprint density at radius 2 is 1.65 bits per heavy atom.